The summed E-state index contributed by atoms with van der Waals surface area (Å²) < 4.78 is 15.6. The normalized spacial score (nSPS) is 16.5. The third-order valence-corrected chi connectivity index (χ3v) is 4.18. The minimum absolute atomic E-state index is 0.0594. The molecule has 1 aromatic carbocycles. The molecule has 1 amide bonds. The van der Waals surface area contributed by atoms with Crippen molar-refractivity contribution in [2.75, 3.05) is 32.3 Å². The summed E-state index contributed by atoms with van der Waals surface area (Å²) in [5.41, 5.74) is 0.484. The number of amides is 1. The summed E-state index contributed by atoms with van der Waals surface area (Å²) in [6, 6.07) is 5.16. The summed E-state index contributed by atoms with van der Waals surface area (Å²) in [4.78, 5) is 25.9. The van der Waals surface area contributed by atoms with Crippen LogP contribution in [-0.4, -0.2) is 39.2 Å². The summed E-state index contributed by atoms with van der Waals surface area (Å²) in [6.07, 6.45) is 0.864. The van der Waals surface area contributed by atoms with E-state index in [9.17, 15) is 9.59 Å². The van der Waals surface area contributed by atoms with Crippen molar-refractivity contribution in [2.45, 2.75) is 19.3 Å². The molecule has 1 heterocycles. The first-order valence-corrected chi connectivity index (χ1v) is 8.15. The van der Waals surface area contributed by atoms with Gasteiger partial charge in [0.15, 0.2) is 0 Å². The van der Waals surface area contributed by atoms with Crippen molar-refractivity contribution >= 4 is 29.2 Å². The molecule has 0 aromatic heterocycles. The Labute approximate surface area is 151 Å². The summed E-state index contributed by atoms with van der Waals surface area (Å²) in [7, 11) is 2.97. The summed E-state index contributed by atoms with van der Waals surface area (Å²) in [6.45, 7) is 0.365. The van der Waals surface area contributed by atoms with Crippen molar-refractivity contribution in [1.82, 2.24) is 0 Å². The van der Waals surface area contributed by atoms with Crippen molar-refractivity contribution in [2.24, 2.45) is 5.92 Å². The van der Waals surface area contributed by atoms with E-state index < -0.39 is 11.9 Å². The van der Waals surface area contributed by atoms with E-state index in [0.29, 0.717) is 35.1 Å². The van der Waals surface area contributed by atoms with Gasteiger partial charge in [-0.05, 0) is 12.5 Å². The van der Waals surface area contributed by atoms with Gasteiger partial charge in [0.25, 0.3) is 0 Å². The number of carbonyl (C=O) groups excluding carboxylic acids is 2. The fourth-order valence-electron chi connectivity index (χ4n) is 2.60. The summed E-state index contributed by atoms with van der Waals surface area (Å²) in [5.74, 6) is -0.342. The largest absolute Gasteiger partial charge is 0.495 e. The Balaban J connectivity index is 2.11. The van der Waals surface area contributed by atoms with E-state index in [4.69, 9.17) is 31.1 Å². The molecule has 0 bridgehead atoms. The van der Waals surface area contributed by atoms with Gasteiger partial charge in [0, 0.05) is 25.5 Å². The SMILES string of the molecule is COc1cc(OC)c(N2CC(C(=O)OCCCC#N)CC2=O)cc1Cl. The molecule has 1 atom stereocenters. The molecule has 1 aliphatic rings. The molecule has 1 fully saturated rings. The Hall–Kier alpha value is -2.46. The second-order valence-corrected chi connectivity index (χ2v) is 5.90. The number of benzene rings is 1. The topological polar surface area (TPSA) is 88.9 Å². The zero-order valence-corrected chi connectivity index (χ0v) is 14.8. The van der Waals surface area contributed by atoms with Crippen molar-refractivity contribution in [1.29, 1.82) is 5.26 Å². The Morgan fingerprint density at radius 1 is 1.36 bits per heavy atom. The molecule has 7 nitrogen and oxygen atoms in total. The van der Waals surface area contributed by atoms with Crippen molar-refractivity contribution in [3.8, 4) is 17.6 Å². The van der Waals surface area contributed by atoms with Crippen LogP contribution in [0.3, 0.4) is 0 Å². The van der Waals surface area contributed by atoms with Crippen LogP contribution in [0.4, 0.5) is 5.69 Å². The third kappa shape index (κ3) is 4.34. The number of carbonyl (C=O) groups is 2. The van der Waals surface area contributed by atoms with Gasteiger partial charge in [0.1, 0.15) is 11.5 Å². The zero-order chi connectivity index (χ0) is 18.4. The molecule has 134 valence electrons. The third-order valence-electron chi connectivity index (χ3n) is 3.88. The highest BCUT2D eigenvalue weighted by Gasteiger charge is 2.37. The lowest BCUT2D eigenvalue weighted by atomic mass is 10.1. The molecular weight excluding hydrogens is 348 g/mol. The van der Waals surface area contributed by atoms with Crippen molar-refractivity contribution < 1.29 is 23.8 Å². The van der Waals surface area contributed by atoms with Crippen LogP contribution in [-0.2, 0) is 14.3 Å². The van der Waals surface area contributed by atoms with Crippen LogP contribution in [0.15, 0.2) is 12.1 Å². The molecule has 1 aliphatic heterocycles. The number of hydrogen-bond acceptors (Lipinski definition) is 6. The molecule has 2 rings (SSSR count). The van der Waals surface area contributed by atoms with Crippen LogP contribution in [0.25, 0.3) is 0 Å². The fraction of sp³-hybridized carbons (Fsp3) is 0.471. The van der Waals surface area contributed by atoms with Gasteiger partial charge in [-0.2, -0.15) is 5.26 Å². The number of ether oxygens (including phenoxy) is 3. The van der Waals surface area contributed by atoms with Crippen LogP contribution in [0.2, 0.25) is 5.02 Å². The average molecular weight is 367 g/mol. The number of halogens is 1. The van der Waals surface area contributed by atoms with Crippen LogP contribution >= 0.6 is 11.6 Å². The molecule has 0 spiro atoms. The standard InChI is InChI=1S/C17H19ClN2O5/c1-23-14-9-15(24-2)13(8-12(14)18)20-10-11(7-16(20)21)17(22)25-6-4-3-5-19/h8-9,11H,3-4,6-7,10H2,1-2H3. The minimum atomic E-state index is -0.555. The second-order valence-electron chi connectivity index (χ2n) is 5.49. The molecule has 0 aliphatic carbocycles. The number of nitrogens with zero attached hydrogens (tertiary/aromatic N) is 2. The Morgan fingerprint density at radius 2 is 2.08 bits per heavy atom. The van der Waals surface area contributed by atoms with Crippen molar-refractivity contribution in [3.05, 3.63) is 17.2 Å². The van der Waals surface area contributed by atoms with Gasteiger partial charge in [0.2, 0.25) is 5.91 Å². The minimum Gasteiger partial charge on any atom is -0.495 e. The van der Waals surface area contributed by atoms with Gasteiger partial charge in [-0.3, -0.25) is 9.59 Å². The molecule has 0 saturated carbocycles. The maximum atomic E-state index is 12.3. The lowest BCUT2D eigenvalue weighted by Crippen LogP contribution is -2.27. The van der Waals surface area contributed by atoms with Gasteiger partial charge in [-0.1, -0.05) is 11.6 Å². The number of methoxy groups -OCH3 is 2. The smallest absolute Gasteiger partial charge is 0.311 e. The maximum Gasteiger partial charge on any atom is 0.311 e. The summed E-state index contributed by atoms with van der Waals surface area (Å²) >= 11 is 6.15. The molecule has 1 aromatic rings. The zero-order valence-electron chi connectivity index (χ0n) is 14.1. The number of hydrogen-bond donors (Lipinski definition) is 0. The number of unbranched alkanes of at least 4 members (excludes halogenated alkanes) is 1. The number of nitriles is 1. The number of esters is 1. The van der Waals surface area contributed by atoms with E-state index in [1.165, 1.54) is 19.1 Å². The first-order valence-electron chi connectivity index (χ1n) is 7.77. The van der Waals surface area contributed by atoms with E-state index in [0.717, 1.165) is 0 Å². The van der Waals surface area contributed by atoms with Gasteiger partial charge >= 0.3 is 5.97 Å². The number of rotatable bonds is 7. The Bertz CT molecular complexity index is 701. The average Bonchev–Trinajstić information content (AvgIpc) is 3.00. The van der Waals surface area contributed by atoms with E-state index in [1.807, 2.05) is 6.07 Å². The number of anilines is 1. The predicted molar refractivity (Wildman–Crippen MR) is 90.8 cm³/mol. The van der Waals surface area contributed by atoms with Gasteiger partial charge in [0.05, 0.1) is 43.5 Å². The van der Waals surface area contributed by atoms with E-state index >= 15 is 0 Å². The van der Waals surface area contributed by atoms with E-state index in [2.05, 4.69) is 0 Å². The molecule has 1 unspecified atom stereocenters. The predicted octanol–water partition coefficient (Wildman–Crippen LogP) is 2.56. The van der Waals surface area contributed by atoms with Crippen LogP contribution in [0.1, 0.15) is 19.3 Å². The first-order chi connectivity index (χ1) is 12.0. The monoisotopic (exact) mass is 366 g/mol. The highest BCUT2D eigenvalue weighted by Crippen LogP contribution is 2.40. The lowest BCUT2D eigenvalue weighted by molar-refractivity contribution is -0.148. The van der Waals surface area contributed by atoms with E-state index in [1.54, 1.807) is 12.1 Å². The molecule has 1 saturated heterocycles. The Morgan fingerprint density at radius 3 is 2.72 bits per heavy atom. The maximum absolute atomic E-state index is 12.3. The van der Waals surface area contributed by atoms with Crippen LogP contribution in [0, 0.1) is 17.2 Å². The highest BCUT2D eigenvalue weighted by atomic mass is 35.5. The van der Waals surface area contributed by atoms with Crippen LogP contribution < -0.4 is 14.4 Å². The van der Waals surface area contributed by atoms with Gasteiger partial charge in [-0.15, -0.1) is 0 Å². The first kappa shape index (κ1) is 18.9. The summed E-state index contributed by atoms with van der Waals surface area (Å²) in [5, 5.41) is 8.82. The van der Waals surface area contributed by atoms with E-state index in [-0.39, 0.29) is 25.5 Å². The lowest BCUT2D eigenvalue weighted by Gasteiger charge is -2.20. The highest BCUT2D eigenvalue weighted by molar-refractivity contribution is 6.32. The molecule has 25 heavy (non-hydrogen) atoms. The van der Waals surface area contributed by atoms with Gasteiger partial charge in [-0.25, -0.2) is 0 Å². The van der Waals surface area contributed by atoms with Gasteiger partial charge < -0.3 is 19.1 Å². The Kier molecular flexibility index (Phi) is 6.48. The second kappa shape index (κ2) is 8.58. The molecular formula is C17H19ClN2O5. The van der Waals surface area contributed by atoms with Crippen molar-refractivity contribution in [3.63, 3.8) is 0 Å². The molecule has 0 N–H and O–H groups in total. The quantitative estimate of drug-likeness (QED) is 0.544. The fourth-order valence-corrected chi connectivity index (χ4v) is 2.83. The molecule has 0 radical (unpaired) electrons. The molecule has 8 heteroatoms. The van der Waals surface area contributed by atoms with Crippen LogP contribution in [0.5, 0.6) is 11.5 Å².